The van der Waals surface area contributed by atoms with E-state index in [9.17, 15) is 4.79 Å². The first-order valence-electron chi connectivity index (χ1n) is 9.02. The molecule has 1 N–H and O–H groups in total. The van der Waals surface area contributed by atoms with Crippen LogP contribution in [-0.2, 0) is 6.61 Å². The molecule has 0 spiro atoms. The SMILES string of the molecule is COc1ccc(C(=O)Nc2cccc(Cl)c2C)cc1COc1ccccc1OC. The fraction of sp³-hybridized carbons (Fsp3) is 0.174. The lowest BCUT2D eigenvalue weighted by Crippen LogP contribution is -2.13. The van der Waals surface area contributed by atoms with Crippen LogP contribution >= 0.6 is 11.6 Å². The number of carbonyl (C=O) groups excluding carboxylic acids is 1. The van der Waals surface area contributed by atoms with Gasteiger partial charge in [0.05, 0.1) is 14.2 Å². The Morgan fingerprint density at radius 2 is 1.66 bits per heavy atom. The summed E-state index contributed by atoms with van der Waals surface area (Å²) in [6.07, 6.45) is 0. The lowest BCUT2D eigenvalue weighted by atomic mass is 10.1. The van der Waals surface area contributed by atoms with Crippen molar-refractivity contribution in [3.63, 3.8) is 0 Å². The second kappa shape index (κ2) is 9.34. The van der Waals surface area contributed by atoms with Crippen molar-refractivity contribution in [1.29, 1.82) is 0 Å². The minimum absolute atomic E-state index is 0.223. The molecule has 0 radical (unpaired) electrons. The van der Waals surface area contributed by atoms with Gasteiger partial charge in [-0.2, -0.15) is 0 Å². The van der Waals surface area contributed by atoms with Crippen LogP contribution in [0.25, 0.3) is 0 Å². The number of amides is 1. The first kappa shape index (κ1) is 20.6. The lowest BCUT2D eigenvalue weighted by molar-refractivity contribution is 0.102. The number of rotatable bonds is 7. The van der Waals surface area contributed by atoms with Crippen LogP contribution in [0.4, 0.5) is 5.69 Å². The standard InChI is InChI=1S/C23H22ClNO4/c1-15-18(24)7-6-8-19(15)25-23(26)16-11-12-20(27-2)17(13-16)14-29-22-10-5-4-9-21(22)28-3/h4-13H,14H2,1-3H3,(H,25,26). The van der Waals surface area contributed by atoms with E-state index in [1.54, 1.807) is 44.6 Å². The Hall–Kier alpha value is -3.18. The van der Waals surface area contributed by atoms with Crippen LogP contribution in [0.15, 0.2) is 60.7 Å². The van der Waals surface area contributed by atoms with Crippen molar-refractivity contribution in [2.24, 2.45) is 0 Å². The van der Waals surface area contributed by atoms with E-state index < -0.39 is 0 Å². The molecule has 0 saturated heterocycles. The highest BCUT2D eigenvalue weighted by molar-refractivity contribution is 6.31. The molecule has 150 valence electrons. The Kier molecular flexibility index (Phi) is 6.62. The van der Waals surface area contributed by atoms with Gasteiger partial charge >= 0.3 is 0 Å². The Morgan fingerprint density at radius 3 is 2.38 bits per heavy atom. The number of anilines is 1. The van der Waals surface area contributed by atoms with Crippen molar-refractivity contribution >= 4 is 23.2 Å². The van der Waals surface area contributed by atoms with Crippen LogP contribution in [0.2, 0.25) is 5.02 Å². The zero-order chi connectivity index (χ0) is 20.8. The van der Waals surface area contributed by atoms with Crippen LogP contribution in [0.1, 0.15) is 21.5 Å². The number of hydrogen-bond acceptors (Lipinski definition) is 4. The van der Waals surface area contributed by atoms with Crippen LogP contribution in [0.3, 0.4) is 0 Å². The van der Waals surface area contributed by atoms with Gasteiger partial charge in [0.1, 0.15) is 12.4 Å². The van der Waals surface area contributed by atoms with Crippen LogP contribution in [-0.4, -0.2) is 20.1 Å². The number of methoxy groups -OCH3 is 2. The first-order chi connectivity index (χ1) is 14.0. The number of hydrogen-bond donors (Lipinski definition) is 1. The Bertz CT molecular complexity index is 1020. The summed E-state index contributed by atoms with van der Waals surface area (Å²) in [4.78, 5) is 12.7. The van der Waals surface area contributed by atoms with Crippen molar-refractivity contribution < 1.29 is 19.0 Å². The average Bonchev–Trinajstić information content (AvgIpc) is 2.75. The maximum Gasteiger partial charge on any atom is 0.255 e. The summed E-state index contributed by atoms with van der Waals surface area (Å²) < 4.78 is 16.6. The second-order valence-corrected chi connectivity index (χ2v) is 6.74. The van der Waals surface area contributed by atoms with E-state index in [1.165, 1.54) is 0 Å². The molecule has 0 bridgehead atoms. The van der Waals surface area contributed by atoms with Crippen molar-refractivity contribution in [1.82, 2.24) is 0 Å². The molecule has 0 fully saturated rings. The van der Waals surface area contributed by atoms with E-state index in [4.69, 9.17) is 25.8 Å². The van der Waals surface area contributed by atoms with Crippen molar-refractivity contribution in [2.45, 2.75) is 13.5 Å². The molecule has 0 aliphatic carbocycles. The second-order valence-electron chi connectivity index (χ2n) is 6.33. The highest BCUT2D eigenvalue weighted by Gasteiger charge is 2.13. The molecular formula is C23H22ClNO4. The van der Waals surface area contributed by atoms with Gasteiger partial charge in [0.25, 0.3) is 5.91 Å². The summed E-state index contributed by atoms with van der Waals surface area (Å²) in [6, 6.07) is 18.0. The number of para-hydroxylation sites is 2. The first-order valence-corrected chi connectivity index (χ1v) is 9.40. The molecule has 3 aromatic rings. The highest BCUT2D eigenvalue weighted by atomic mass is 35.5. The molecular weight excluding hydrogens is 390 g/mol. The zero-order valence-corrected chi connectivity index (χ0v) is 17.2. The van der Waals surface area contributed by atoms with Gasteiger partial charge in [0.2, 0.25) is 0 Å². The summed E-state index contributed by atoms with van der Waals surface area (Å²) in [5, 5.41) is 3.50. The molecule has 0 aromatic heterocycles. The predicted octanol–water partition coefficient (Wildman–Crippen LogP) is 5.50. The van der Waals surface area contributed by atoms with Gasteiger partial charge in [0, 0.05) is 21.8 Å². The molecule has 0 unspecified atom stereocenters. The van der Waals surface area contributed by atoms with Gasteiger partial charge in [-0.25, -0.2) is 0 Å². The van der Waals surface area contributed by atoms with Crippen LogP contribution < -0.4 is 19.5 Å². The molecule has 29 heavy (non-hydrogen) atoms. The number of carbonyl (C=O) groups is 1. The topological polar surface area (TPSA) is 56.8 Å². The predicted molar refractivity (Wildman–Crippen MR) is 114 cm³/mol. The van der Waals surface area contributed by atoms with Gasteiger partial charge in [-0.05, 0) is 55.0 Å². The maximum absolute atomic E-state index is 12.7. The third-order valence-electron chi connectivity index (χ3n) is 4.51. The smallest absolute Gasteiger partial charge is 0.255 e. The largest absolute Gasteiger partial charge is 0.496 e. The number of nitrogens with one attached hydrogen (secondary N) is 1. The molecule has 3 aromatic carbocycles. The quantitative estimate of drug-likeness (QED) is 0.558. The third-order valence-corrected chi connectivity index (χ3v) is 4.92. The number of benzene rings is 3. The Morgan fingerprint density at radius 1 is 0.931 bits per heavy atom. The molecule has 1 amide bonds. The summed E-state index contributed by atoms with van der Waals surface area (Å²) in [5.41, 5.74) is 2.72. The van der Waals surface area contributed by atoms with Crippen LogP contribution in [0.5, 0.6) is 17.2 Å². The Balaban J connectivity index is 1.81. The number of halogens is 1. The van der Waals surface area contributed by atoms with Crippen molar-refractivity contribution in [2.75, 3.05) is 19.5 Å². The summed E-state index contributed by atoms with van der Waals surface area (Å²) >= 11 is 6.14. The van der Waals surface area contributed by atoms with Gasteiger partial charge in [0.15, 0.2) is 11.5 Å². The van der Waals surface area contributed by atoms with Gasteiger partial charge in [-0.15, -0.1) is 0 Å². The zero-order valence-electron chi connectivity index (χ0n) is 16.5. The van der Waals surface area contributed by atoms with Crippen LogP contribution in [0, 0.1) is 6.92 Å². The lowest BCUT2D eigenvalue weighted by Gasteiger charge is -2.14. The molecule has 5 nitrogen and oxygen atoms in total. The Labute approximate surface area is 175 Å². The van der Waals surface area contributed by atoms with E-state index in [1.807, 2.05) is 37.3 Å². The van der Waals surface area contributed by atoms with E-state index in [-0.39, 0.29) is 12.5 Å². The van der Waals surface area contributed by atoms with Gasteiger partial charge in [-0.3, -0.25) is 4.79 Å². The van der Waals surface area contributed by atoms with Gasteiger partial charge in [-0.1, -0.05) is 29.8 Å². The van der Waals surface area contributed by atoms with E-state index in [2.05, 4.69) is 5.32 Å². The molecule has 0 aliphatic heterocycles. The van der Waals surface area contributed by atoms with Crippen molar-refractivity contribution in [3.8, 4) is 17.2 Å². The molecule has 3 rings (SSSR count). The summed E-state index contributed by atoms with van der Waals surface area (Å²) in [6.45, 7) is 2.08. The minimum Gasteiger partial charge on any atom is -0.496 e. The van der Waals surface area contributed by atoms with E-state index >= 15 is 0 Å². The third kappa shape index (κ3) is 4.81. The minimum atomic E-state index is -0.239. The average molecular weight is 412 g/mol. The molecule has 0 aliphatic rings. The molecule has 0 saturated carbocycles. The fourth-order valence-electron chi connectivity index (χ4n) is 2.86. The number of ether oxygens (including phenoxy) is 3. The normalized spacial score (nSPS) is 10.3. The molecule has 6 heteroatoms. The van der Waals surface area contributed by atoms with Gasteiger partial charge < -0.3 is 19.5 Å². The highest BCUT2D eigenvalue weighted by Crippen LogP contribution is 2.29. The molecule has 0 heterocycles. The van der Waals surface area contributed by atoms with E-state index in [0.29, 0.717) is 33.5 Å². The maximum atomic E-state index is 12.7. The monoisotopic (exact) mass is 411 g/mol. The summed E-state index contributed by atoms with van der Waals surface area (Å²) in [5.74, 6) is 1.64. The molecule has 0 atom stereocenters. The fourth-order valence-corrected chi connectivity index (χ4v) is 3.04. The van der Waals surface area contributed by atoms with E-state index in [0.717, 1.165) is 11.1 Å². The summed E-state index contributed by atoms with van der Waals surface area (Å²) in [7, 11) is 3.17. The van der Waals surface area contributed by atoms with Crippen molar-refractivity contribution in [3.05, 3.63) is 82.4 Å².